The van der Waals surface area contributed by atoms with Crippen molar-refractivity contribution in [1.82, 2.24) is 15.4 Å². The molecule has 0 aliphatic rings. The first-order valence-electron chi connectivity index (χ1n) is 7.81. The van der Waals surface area contributed by atoms with Gasteiger partial charge in [0.25, 0.3) is 5.91 Å². The van der Waals surface area contributed by atoms with E-state index < -0.39 is 5.91 Å². The molecule has 28 heavy (non-hydrogen) atoms. The maximum absolute atomic E-state index is 13.8. The first-order chi connectivity index (χ1) is 13.6. The van der Waals surface area contributed by atoms with Crippen molar-refractivity contribution in [2.45, 2.75) is 10.1 Å². The number of carbonyl (C=O) groups excluding carboxylic acids is 1. The molecule has 0 bridgehead atoms. The summed E-state index contributed by atoms with van der Waals surface area (Å²) in [7, 11) is 0. The lowest BCUT2D eigenvalue weighted by atomic mass is 10.2. The molecule has 0 fully saturated rings. The molecular weight excluding hydrogens is 427 g/mol. The number of benzene rings is 1. The molecule has 0 aliphatic heterocycles. The number of carbonyl (C=O) groups is 1. The molecular formula is C17H10ClFN4O3S2. The maximum atomic E-state index is 13.8. The minimum Gasteiger partial charge on any atom is -0.461 e. The number of amides is 1. The van der Waals surface area contributed by atoms with Crippen molar-refractivity contribution in [3.63, 3.8) is 0 Å². The van der Waals surface area contributed by atoms with Gasteiger partial charge in [-0.2, -0.15) is 0 Å². The number of hydrogen-bond acceptors (Lipinski definition) is 8. The first-order valence-corrected chi connectivity index (χ1v) is 9.99. The van der Waals surface area contributed by atoms with E-state index in [9.17, 15) is 9.18 Å². The highest BCUT2D eigenvalue weighted by Crippen LogP contribution is 2.31. The van der Waals surface area contributed by atoms with Crippen LogP contribution in [0.4, 0.5) is 9.52 Å². The Bertz CT molecular complexity index is 1090. The maximum Gasteiger partial charge on any atom is 0.279 e. The minimum atomic E-state index is -0.494. The van der Waals surface area contributed by atoms with E-state index in [-0.39, 0.29) is 16.6 Å². The van der Waals surface area contributed by atoms with E-state index in [1.807, 2.05) is 0 Å². The molecule has 7 nitrogen and oxygen atoms in total. The largest absolute Gasteiger partial charge is 0.461 e. The molecule has 0 atom stereocenters. The average Bonchev–Trinajstić information content (AvgIpc) is 3.42. The zero-order valence-electron chi connectivity index (χ0n) is 13.9. The van der Waals surface area contributed by atoms with E-state index in [1.54, 1.807) is 24.3 Å². The van der Waals surface area contributed by atoms with E-state index in [4.69, 9.17) is 20.5 Å². The Balaban J connectivity index is 1.39. The fourth-order valence-corrected chi connectivity index (χ4v) is 4.29. The molecule has 0 aliphatic carbocycles. The summed E-state index contributed by atoms with van der Waals surface area (Å²) in [5.74, 6) is 0.227. The molecule has 3 aromatic heterocycles. The van der Waals surface area contributed by atoms with Gasteiger partial charge in [-0.1, -0.05) is 45.9 Å². The number of rotatable bonds is 6. The third-order valence-corrected chi connectivity index (χ3v) is 5.89. The quantitative estimate of drug-likeness (QED) is 0.331. The topological polar surface area (TPSA) is 94.1 Å². The van der Waals surface area contributed by atoms with E-state index in [2.05, 4.69) is 20.7 Å². The van der Waals surface area contributed by atoms with Crippen LogP contribution < -0.4 is 5.32 Å². The number of halogens is 2. The van der Waals surface area contributed by atoms with Crippen molar-refractivity contribution in [2.75, 3.05) is 5.32 Å². The molecule has 142 valence electrons. The van der Waals surface area contributed by atoms with Crippen LogP contribution in [0.1, 0.15) is 16.1 Å². The summed E-state index contributed by atoms with van der Waals surface area (Å²) in [4.78, 5) is 12.3. The molecule has 4 rings (SSSR count). The van der Waals surface area contributed by atoms with Crippen molar-refractivity contribution in [2.24, 2.45) is 0 Å². The van der Waals surface area contributed by atoms with Gasteiger partial charge in [-0.3, -0.25) is 10.1 Å². The molecule has 1 amide bonds. The number of thioether (sulfide) groups is 1. The van der Waals surface area contributed by atoms with Crippen molar-refractivity contribution in [3.8, 4) is 11.5 Å². The van der Waals surface area contributed by atoms with Crippen LogP contribution >= 0.6 is 34.7 Å². The molecule has 0 spiro atoms. The van der Waals surface area contributed by atoms with Gasteiger partial charge in [-0.15, -0.1) is 10.2 Å². The molecule has 3 heterocycles. The standard InChI is InChI=1S/C17H10ClFN4O3S2/c18-10-3-1-4-11(19)9(10)8-27-17-22-21-16(28-17)20-15(24)12-7-14(26-23-12)13-5-2-6-25-13/h1-7H,8H2,(H,20,21,24). The summed E-state index contributed by atoms with van der Waals surface area (Å²) in [5, 5.41) is 14.8. The monoisotopic (exact) mass is 436 g/mol. The lowest BCUT2D eigenvalue weighted by molar-refractivity contribution is 0.101. The molecule has 0 saturated heterocycles. The van der Waals surface area contributed by atoms with E-state index in [0.717, 1.165) is 11.3 Å². The lowest BCUT2D eigenvalue weighted by Gasteiger charge is -2.03. The molecule has 1 aromatic carbocycles. The summed E-state index contributed by atoms with van der Waals surface area (Å²) in [6.07, 6.45) is 1.49. The average molecular weight is 437 g/mol. The Hall–Kier alpha value is -2.69. The number of aromatic nitrogens is 3. The predicted molar refractivity (Wildman–Crippen MR) is 103 cm³/mol. The van der Waals surface area contributed by atoms with Crippen molar-refractivity contribution in [1.29, 1.82) is 0 Å². The SMILES string of the molecule is O=C(Nc1nnc(SCc2c(F)cccc2Cl)s1)c1cc(-c2ccco2)on1. The number of nitrogens with zero attached hydrogens (tertiary/aromatic N) is 3. The van der Waals surface area contributed by atoms with Gasteiger partial charge < -0.3 is 8.94 Å². The lowest BCUT2D eigenvalue weighted by Crippen LogP contribution is -2.11. The fourth-order valence-electron chi connectivity index (χ4n) is 2.20. The summed E-state index contributed by atoms with van der Waals surface area (Å²) < 4.78 is 24.7. The van der Waals surface area contributed by atoms with E-state index in [1.165, 1.54) is 30.2 Å². The second-order valence-corrected chi connectivity index (χ2v) is 7.98. The Labute approximate surface area is 170 Å². The highest BCUT2D eigenvalue weighted by atomic mass is 35.5. The zero-order chi connectivity index (χ0) is 19.5. The van der Waals surface area contributed by atoms with Gasteiger partial charge in [0.05, 0.1) is 6.26 Å². The zero-order valence-corrected chi connectivity index (χ0v) is 16.3. The summed E-state index contributed by atoms with van der Waals surface area (Å²) >= 11 is 8.44. The third-order valence-electron chi connectivity index (χ3n) is 3.54. The minimum absolute atomic E-state index is 0.0777. The van der Waals surface area contributed by atoms with Crippen LogP contribution in [-0.2, 0) is 5.75 Å². The molecule has 0 unspecified atom stereocenters. The van der Waals surface area contributed by atoms with Crippen molar-refractivity contribution < 1.29 is 18.1 Å². The van der Waals surface area contributed by atoms with E-state index in [0.29, 0.717) is 32.2 Å². The first kappa shape index (κ1) is 18.7. The van der Waals surface area contributed by atoms with Crippen LogP contribution in [0.5, 0.6) is 0 Å². The third kappa shape index (κ3) is 4.08. The van der Waals surface area contributed by atoms with Crippen LogP contribution in [0.2, 0.25) is 5.02 Å². The van der Waals surface area contributed by atoms with Gasteiger partial charge in [-0.25, -0.2) is 4.39 Å². The molecule has 4 aromatic rings. The van der Waals surface area contributed by atoms with Gasteiger partial charge in [0.2, 0.25) is 10.9 Å². The smallest absolute Gasteiger partial charge is 0.279 e. The van der Waals surface area contributed by atoms with Crippen LogP contribution in [0, 0.1) is 5.82 Å². The van der Waals surface area contributed by atoms with Gasteiger partial charge >= 0.3 is 0 Å². The Morgan fingerprint density at radius 1 is 1.25 bits per heavy atom. The van der Waals surface area contributed by atoms with Crippen LogP contribution in [0.3, 0.4) is 0 Å². The van der Waals surface area contributed by atoms with Gasteiger partial charge in [-0.05, 0) is 24.3 Å². The normalized spacial score (nSPS) is 10.9. The Morgan fingerprint density at radius 3 is 2.93 bits per heavy atom. The molecule has 0 radical (unpaired) electrons. The van der Waals surface area contributed by atoms with Crippen molar-refractivity contribution >= 4 is 45.7 Å². The number of furan rings is 1. The van der Waals surface area contributed by atoms with Crippen molar-refractivity contribution in [3.05, 3.63) is 64.8 Å². The molecule has 1 N–H and O–H groups in total. The van der Waals surface area contributed by atoms with E-state index >= 15 is 0 Å². The molecule has 0 saturated carbocycles. The second-order valence-electron chi connectivity index (χ2n) is 5.37. The second kappa shape index (κ2) is 8.13. The fraction of sp³-hybridized carbons (Fsp3) is 0.0588. The Kier molecular flexibility index (Phi) is 5.42. The van der Waals surface area contributed by atoms with Gasteiger partial charge in [0.15, 0.2) is 15.8 Å². The van der Waals surface area contributed by atoms with Crippen LogP contribution in [0.25, 0.3) is 11.5 Å². The van der Waals surface area contributed by atoms with Gasteiger partial charge in [0.1, 0.15) is 5.82 Å². The predicted octanol–water partition coefficient (Wildman–Crippen LogP) is 5.12. The van der Waals surface area contributed by atoms with Gasteiger partial charge in [0, 0.05) is 22.4 Å². The Morgan fingerprint density at radius 2 is 2.14 bits per heavy atom. The number of nitrogens with one attached hydrogen (secondary N) is 1. The van der Waals surface area contributed by atoms with Crippen LogP contribution in [0.15, 0.2) is 55.9 Å². The highest BCUT2D eigenvalue weighted by Gasteiger charge is 2.17. The highest BCUT2D eigenvalue weighted by molar-refractivity contribution is 8.00. The number of hydrogen-bond donors (Lipinski definition) is 1. The summed E-state index contributed by atoms with van der Waals surface area (Å²) in [6, 6.07) is 9.38. The summed E-state index contributed by atoms with van der Waals surface area (Å²) in [5.41, 5.74) is 0.469. The molecule has 11 heteroatoms. The summed E-state index contributed by atoms with van der Waals surface area (Å²) in [6.45, 7) is 0. The number of anilines is 1. The van der Waals surface area contributed by atoms with Crippen LogP contribution in [-0.4, -0.2) is 21.3 Å².